The Balaban J connectivity index is 1.83. The highest BCUT2D eigenvalue weighted by molar-refractivity contribution is 6.08. The van der Waals surface area contributed by atoms with Crippen LogP contribution in [0.5, 0.6) is 0 Å². The zero-order valence-corrected chi connectivity index (χ0v) is 14.6. The molecule has 1 fully saturated rings. The Labute approximate surface area is 147 Å². The first kappa shape index (κ1) is 17.2. The molecule has 0 spiro atoms. The van der Waals surface area contributed by atoms with Crippen molar-refractivity contribution in [3.8, 4) is 0 Å². The molecule has 2 aromatic rings. The highest BCUT2D eigenvalue weighted by atomic mass is 16.3. The lowest BCUT2D eigenvalue weighted by molar-refractivity contribution is 0.0636. The van der Waals surface area contributed by atoms with Gasteiger partial charge in [0.05, 0.1) is 11.3 Å². The number of anilines is 1. The van der Waals surface area contributed by atoms with Crippen LogP contribution in [0.25, 0.3) is 0 Å². The van der Waals surface area contributed by atoms with Crippen molar-refractivity contribution in [2.75, 3.05) is 11.9 Å². The maximum atomic E-state index is 13.0. The minimum absolute atomic E-state index is 0.0426. The number of benzene rings is 1. The molecule has 0 aliphatic carbocycles. The van der Waals surface area contributed by atoms with E-state index in [1.165, 1.54) is 6.39 Å². The predicted molar refractivity (Wildman–Crippen MR) is 94.6 cm³/mol. The first-order valence-corrected chi connectivity index (χ1v) is 8.75. The largest absolute Gasteiger partial charge is 0.448 e. The van der Waals surface area contributed by atoms with Crippen molar-refractivity contribution in [2.45, 2.75) is 45.6 Å². The molecule has 3 rings (SSSR count). The van der Waals surface area contributed by atoms with Gasteiger partial charge < -0.3 is 14.6 Å². The summed E-state index contributed by atoms with van der Waals surface area (Å²) in [7, 11) is 0. The average Bonchev–Trinajstić information content (AvgIpc) is 3.11. The zero-order valence-electron chi connectivity index (χ0n) is 14.6. The third-order valence-electron chi connectivity index (χ3n) is 4.65. The van der Waals surface area contributed by atoms with E-state index in [2.05, 4.69) is 17.2 Å². The topological polar surface area (TPSA) is 75.4 Å². The molecule has 1 aliphatic rings. The zero-order chi connectivity index (χ0) is 17.8. The molecule has 1 saturated heterocycles. The van der Waals surface area contributed by atoms with Crippen LogP contribution in [0, 0.1) is 0 Å². The lowest BCUT2D eigenvalue weighted by Gasteiger charge is -2.33. The summed E-state index contributed by atoms with van der Waals surface area (Å²) in [5.74, 6) is 0.127. The van der Waals surface area contributed by atoms with Crippen molar-refractivity contribution in [3.05, 3.63) is 47.7 Å². The summed E-state index contributed by atoms with van der Waals surface area (Å²) in [6.45, 7) is 4.72. The van der Waals surface area contributed by atoms with Crippen molar-refractivity contribution in [2.24, 2.45) is 0 Å². The minimum atomic E-state index is -0.363. The Morgan fingerprint density at radius 2 is 2.12 bits per heavy atom. The molecule has 6 heteroatoms. The molecule has 0 saturated carbocycles. The number of aromatic nitrogens is 1. The first-order valence-electron chi connectivity index (χ1n) is 8.75. The molecule has 0 radical (unpaired) electrons. The summed E-state index contributed by atoms with van der Waals surface area (Å²) in [4.78, 5) is 31.4. The second-order valence-electron chi connectivity index (χ2n) is 6.32. The van der Waals surface area contributed by atoms with Crippen LogP contribution in [0.4, 0.5) is 5.69 Å². The number of carbonyl (C=O) groups is 2. The van der Waals surface area contributed by atoms with Gasteiger partial charge in [-0.05, 0) is 38.3 Å². The molecule has 2 heterocycles. The average molecular weight is 341 g/mol. The van der Waals surface area contributed by atoms with E-state index < -0.39 is 0 Å². The minimum Gasteiger partial charge on any atom is -0.448 e. The van der Waals surface area contributed by atoms with Gasteiger partial charge in [-0.15, -0.1) is 0 Å². The summed E-state index contributed by atoms with van der Waals surface area (Å²) in [6.07, 6.45) is 5.02. The number of aryl methyl sites for hydroxylation is 1. The maximum absolute atomic E-state index is 13.0. The molecule has 0 bridgehead atoms. The van der Waals surface area contributed by atoms with Crippen LogP contribution in [-0.4, -0.2) is 34.3 Å². The third-order valence-corrected chi connectivity index (χ3v) is 4.65. The molecule has 1 atom stereocenters. The van der Waals surface area contributed by atoms with E-state index in [0.717, 1.165) is 25.8 Å². The molecule has 25 heavy (non-hydrogen) atoms. The Hall–Kier alpha value is -2.63. The third kappa shape index (κ3) is 3.57. The van der Waals surface area contributed by atoms with Gasteiger partial charge in [0, 0.05) is 19.0 Å². The van der Waals surface area contributed by atoms with Crippen LogP contribution in [0.2, 0.25) is 0 Å². The number of piperidine rings is 1. The number of carbonyl (C=O) groups excluding carboxylic acids is 2. The fourth-order valence-corrected chi connectivity index (χ4v) is 3.22. The number of nitrogens with zero attached hydrogens (tertiary/aromatic N) is 2. The number of likely N-dealkylation sites (tertiary alicyclic amines) is 1. The fraction of sp³-hybridized carbons (Fsp3) is 0.421. The van der Waals surface area contributed by atoms with Crippen LogP contribution in [0.3, 0.4) is 0 Å². The smallest absolute Gasteiger partial charge is 0.277 e. The second kappa shape index (κ2) is 7.51. The standard InChI is InChI=1S/C19H23N3O3/c1-3-16-17(20-12-25-16)18(23)21-15-10-5-4-9-14(15)19(24)22-11-7-6-8-13(22)2/h4-5,9-10,12-13H,3,6-8,11H2,1-2H3,(H,21,23). The normalized spacial score (nSPS) is 17.4. The molecule has 1 unspecified atom stereocenters. The highest BCUT2D eigenvalue weighted by Gasteiger charge is 2.26. The Bertz CT molecular complexity index is 769. The molecule has 1 aromatic heterocycles. The van der Waals surface area contributed by atoms with E-state index >= 15 is 0 Å². The lowest BCUT2D eigenvalue weighted by atomic mass is 10.0. The molecular weight excluding hydrogens is 318 g/mol. The molecule has 6 nitrogen and oxygen atoms in total. The molecular formula is C19H23N3O3. The monoisotopic (exact) mass is 341 g/mol. The van der Waals surface area contributed by atoms with E-state index in [1.807, 2.05) is 17.9 Å². The summed E-state index contributed by atoms with van der Waals surface area (Å²) in [6, 6.07) is 7.32. The summed E-state index contributed by atoms with van der Waals surface area (Å²) in [5, 5.41) is 2.81. The van der Waals surface area contributed by atoms with Crippen molar-refractivity contribution in [1.29, 1.82) is 0 Å². The predicted octanol–water partition coefficient (Wildman–Crippen LogP) is 3.50. The van der Waals surface area contributed by atoms with E-state index in [-0.39, 0.29) is 23.6 Å². The highest BCUT2D eigenvalue weighted by Crippen LogP contribution is 2.24. The van der Waals surface area contributed by atoms with Gasteiger partial charge in [0.1, 0.15) is 5.76 Å². The second-order valence-corrected chi connectivity index (χ2v) is 6.32. The molecule has 1 N–H and O–H groups in total. The van der Waals surface area contributed by atoms with E-state index in [0.29, 0.717) is 23.4 Å². The van der Waals surface area contributed by atoms with E-state index in [1.54, 1.807) is 18.2 Å². The summed E-state index contributed by atoms with van der Waals surface area (Å²) < 4.78 is 5.21. The molecule has 132 valence electrons. The Kier molecular flexibility index (Phi) is 5.16. The van der Waals surface area contributed by atoms with Crippen molar-refractivity contribution < 1.29 is 14.0 Å². The number of para-hydroxylation sites is 1. The lowest BCUT2D eigenvalue weighted by Crippen LogP contribution is -2.42. The van der Waals surface area contributed by atoms with Crippen molar-refractivity contribution in [1.82, 2.24) is 9.88 Å². The number of oxazole rings is 1. The van der Waals surface area contributed by atoms with Crippen LogP contribution < -0.4 is 5.32 Å². The van der Waals surface area contributed by atoms with Crippen LogP contribution >= 0.6 is 0 Å². The van der Waals surface area contributed by atoms with Gasteiger partial charge in [-0.1, -0.05) is 19.1 Å². The van der Waals surface area contributed by atoms with Crippen LogP contribution in [0.1, 0.15) is 59.7 Å². The number of amides is 2. The number of hydrogen-bond donors (Lipinski definition) is 1. The van der Waals surface area contributed by atoms with Gasteiger partial charge >= 0.3 is 0 Å². The fourth-order valence-electron chi connectivity index (χ4n) is 3.22. The van der Waals surface area contributed by atoms with E-state index in [4.69, 9.17) is 4.42 Å². The number of nitrogens with one attached hydrogen (secondary N) is 1. The van der Waals surface area contributed by atoms with Crippen LogP contribution in [0.15, 0.2) is 35.1 Å². The molecule has 1 aromatic carbocycles. The SMILES string of the molecule is CCc1ocnc1C(=O)Nc1ccccc1C(=O)N1CCCCC1C. The van der Waals surface area contributed by atoms with Gasteiger partial charge in [0.15, 0.2) is 12.1 Å². The Morgan fingerprint density at radius 3 is 2.88 bits per heavy atom. The van der Waals surface area contributed by atoms with Crippen molar-refractivity contribution in [3.63, 3.8) is 0 Å². The van der Waals surface area contributed by atoms with Gasteiger partial charge in [-0.2, -0.15) is 0 Å². The summed E-state index contributed by atoms with van der Waals surface area (Å²) in [5.41, 5.74) is 1.27. The van der Waals surface area contributed by atoms with Gasteiger partial charge in [0.2, 0.25) is 0 Å². The summed E-state index contributed by atoms with van der Waals surface area (Å²) >= 11 is 0. The molecule has 1 aliphatic heterocycles. The van der Waals surface area contributed by atoms with Crippen LogP contribution in [-0.2, 0) is 6.42 Å². The molecule has 2 amide bonds. The van der Waals surface area contributed by atoms with E-state index in [9.17, 15) is 9.59 Å². The maximum Gasteiger partial charge on any atom is 0.277 e. The Morgan fingerprint density at radius 1 is 1.32 bits per heavy atom. The van der Waals surface area contributed by atoms with Gasteiger partial charge in [0.25, 0.3) is 11.8 Å². The number of hydrogen-bond acceptors (Lipinski definition) is 4. The number of rotatable bonds is 4. The first-order chi connectivity index (χ1) is 12.1. The van der Waals surface area contributed by atoms with Crippen molar-refractivity contribution >= 4 is 17.5 Å². The van der Waals surface area contributed by atoms with Gasteiger partial charge in [-0.3, -0.25) is 9.59 Å². The quantitative estimate of drug-likeness (QED) is 0.923. The van der Waals surface area contributed by atoms with Gasteiger partial charge in [-0.25, -0.2) is 4.98 Å².